The number of para-hydroxylation sites is 3. The van der Waals surface area contributed by atoms with Crippen molar-refractivity contribution in [3.8, 4) is 33.6 Å². The van der Waals surface area contributed by atoms with E-state index in [-0.39, 0.29) is 0 Å². The molecule has 0 N–H and O–H groups in total. The molecule has 8 aromatic carbocycles. The van der Waals surface area contributed by atoms with Gasteiger partial charge in [-0.05, 0) is 76.9 Å². The highest BCUT2D eigenvalue weighted by molar-refractivity contribution is 6.16. The van der Waals surface area contributed by atoms with E-state index in [0.717, 1.165) is 44.4 Å². The molecular formula is C48H30N2O. The third kappa shape index (κ3) is 4.12. The van der Waals surface area contributed by atoms with Crippen LogP contribution in [-0.2, 0) is 0 Å². The molecule has 3 heteroatoms. The minimum Gasteiger partial charge on any atom is -0.456 e. The molecule has 3 nitrogen and oxygen atoms in total. The second-order valence-corrected chi connectivity index (χ2v) is 13.3. The Morgan fingerprint density at radius 1 is 0.333 bits per heavy atom. The second-order valence-electron chi connectivity index (χ2n) is 13.3. The van der Waals surface area contributed by atoms with Crippen LogP contribution in [0, 0.1) is 0 Å². The van der Waals surface area contributed by atoms with Crippen molar-refractivity contribution in [1.29, 1.82) is 0 Å². The maximum atomic E-state index is 6.58. The lowest BCUT2D eigenvalue weighted by Gasteiger charge is -2.13. The van der Waals surface area contributed by atoms with Gasteiger partial charge in [-0.1, -0.05) is 127 Å². The summed E-state index contributed by atoms with van der Waals surface area (Å²) in [5.41, 5.74) is 13.5. The molecule has 0 spiro atoms. The van der Waals surface area contributed by atoms with Gasteiger partial charge in [-0.25, -0.2) is 0 Å². The fourth-order valence-corrected chi connectivity index (χ4v) is 8.32. The Morgan fingerprint density at radius 3 is 1.63 bits per heavy atom. The molecule has 238 valence electrons. The molecule has 0 saturated heterocycles. The standard InChI is InChI=1S/C48H30N2O/c1-2-13-31(14-3-1)34-15-4-5-16-35(34)32-25-28-46-40(29-32)48-44(23-12-24-47(48)51-46)50-43-22-11-8-19-38(43)39-27-26-33(30-45(39)50)49-41-20-9-6-17-36(41)37-18-7-10-21-42(37)49/h1-30H. The van der Waals surface area contributed by atoms with Crippen molar-refractivity contribution in [2.75, 3.05) is 0 Å². The number of fused-ring (bicyclic) bond motifs is 9. The highest BCUT2D eigenvalue weighted by atomic mass is 16.3. The van der Waals surface area contributed by atoms with Crippen LogP contribution in [0.15, 0.2) is 186 Å². The third-order valence-electron chi connectivity index (χ3n) is 10.5. The van der Waals surface area contributed by atoms with E-state index in [0.29, 0.717) is 0 Å². The Labute approximate surface area is 293 Å². The van der Waals surface area contributed by atoms with Crippen LogP contribution >= 0.6 is 0 Å². The molecule has 0 radical (unpaired) electrons. The Bertz CT molecular complexity index is 3090. The Kier molecular flexibility index (Phi) is 5.96. The van der Waals surface area contributed by atoms with Gasteiger partial charge in [0.05, 0.1) is 33.1 Å². The van der Waals surface area contributed by atoms with Crippen LogP contribution in [0.3, 0.4) is 0 Å². The summed E-state index contributed by atoms with van der Waals surface area (Å²) in [4.78, 5) is 0. The molecule has 11 aromatic rings. The summed E-state index contributed by atoms with van der Waals surface area (Å²) in [6, 6.07) is 65.4. The van der Waals surface area contributed by atoms with Gasteiger partial charge in [-0.2, -0.15) is 0 Å². The van der Waals surface area contributed by atoms with Gasteiger partial charge in [0, 0.05) is 32.6 Å². The molecule has 0 atom stereocenters. The van der Waals surface area contributed by atoms with E-state index in [1.807, 2.05) is 0 Å². The average molecular weight is 651 g/mol. The average Bonchev–Trinajstić information content (AvgIpc) is 3.85. The topological polar surface area (TPSA) is 23.0 Å². The number of furan rings is 1. The zero-order valence-electron chi connectivity index (χ0n) is 27.6. The van der Waals surface area contributed by atoms with Crippen LogP contribution in [-0.4, -0.2) is 9.13 Å². The molecule has 0 amide bonds. The number of rotatable bonds is 4. The summed E-state index contributed by atoms with van der Waals surface area (Å²) in [6.07, 6.45) is 0. The van der Waals surface area contributed by atoms with Gasteiger partial charge in [0.15, 0.2) is 0 Å². The number of hydrogen-bond acceptors (Lipinski definition) is 1. The molecule has 0 aliphatic carbocycles. The SMILES string of the molecule is c1ccc(-c2ccccc2-c2ccc3oc4cccc(-n5c6ccccc6c6ccc(-n7c8ccccc8c8ccccc87)cc65)c4c3c2)cc1. The van der Waals surface area contributed by atoms with E-state index in [1.165, 1.54) is 54.8 Å². The van der Waals surface area contributed by atoms with Gasteiger partial charge in [0.25, 0.3) is 0 Å². The van der Waals surface area contributed by atoms with E-state index in [9.17, 15) is 0 Å². The summed E-state index contributed by atoms with van der Waals surface area (Å²) < 4.78 is 11.4. The molecular weight excluding hydrogens is 621 g/mol. The number of nitrogens with zero attached hydrogens (tertiary/aromatic N) is 2. The molecule has 3 heterocycles. The molecule has 3 aromatic heterocycles. The highest BCUT2D eigenvalue weighted by Gasteiger charge is 2.20. The van der Waals surface area contributed by atoms with E-state index in [1.54, 1.807) is 0 Å². The molecule has 0 saturated carbocycles. The van der Waals surface area contributed by atoms with Crippen LogP contribution in [0.25, 0.3) is 99.2 Å². The Morgan fingerprint density at radius 2 is 0.922 bits per heavy atom. The lowest BCUT2D eigenvalue weighted by molar-refractivity contribution is 0.669. The molecule has 0 aliphatic heterocycles. The van der Waals surface area contributed by atoms with E-state index < -0.39 is 0 Å². The van der Waals surface area contributed by atoms with Gasteiger partial charge < -0.3 is 13.6 Å². The maximum absolute atomic E-state index is 6.58. The number of aromatic nitrogens is 2. The van der Waals surface area contributed by atoms with Crippen molar-refractivity contribution in [3.05, 3.63) is 182 Å². The Hall–Kier alpha value is -6.84. The van der Waals surface area contributed by atoms with Crippen molar-refractivity contribution < 1.29 is 4.42 Å². The van der Waals surface area contributed by atoms with Crippen molar-refractivity contribution in [2.24, 2.45) is 0 Å². The van der Waals surface area contributed by atoms with Crippen LogP contribution in [0.4, 0.5) is 0 Å². The predicted molar refractivity (Wildman–Crippen MR) is 213 cm³/mol. The quantitative estimate of drug-likeness (QED) is 0.186. The minimum absolute atomic E-state index is 0.875. The van der Waals surface area contributed by atoms with E-state index in [4.69, 9.17) is 4.42 Å². The van der Waals surface area contributed by atoms with E-state index >= 15 is 0 Å². The summed E-state index contributed by atoms with van der Waals surface area (Å²) >= 11 is 0. The van der Waals surface area contributed by atoms with Gasteiger partial charge in [0.2, 0.25) is 0 Å². The predicted octanol–water partition coefficient (Wildman–Crippen LogP) is 13.1. The summed E-state index contributed by atoms with van der Waals surface area (Å²) in [7, 11) is 0. The van der Waals surface area contributed by atoms with Crippen molar-refractivity contribution in [1.82, 2.24) is 9.13 Å². The molecule has 11 rings (SSSR count). The van der Waals surface area contributed by atoms with Gasteiger partial charge in [-0.3, -0.25) is 0 Å². The zero-order chi connectivity index (χ0) is 33.5. The maximum Gasteiger partial charge on any atom is 0.137 e. The van der Waals surface area contributed by atoms with Crippen molar-refractivity contribution in [3.63, 3.8) is 0 Å². The summed E-state index contributed by atoms with van der Waals surface area (Å²) in [5.74, 6) is 0. The van der Waals surface area contributed by atoms with Crippen LogP contribution < -0.4 is 0 Å². The van der Waals surface area contributed by atoms with Crippen LogP contribution in [0.1, 0.15) is 0 Å². The van der Waals surface area contributed by atoms with Crippen LogP contribution in [0.2, 0.25) is 0 Å². The van der Waals surface area contributed by atoms with Gasteiger partial charge >= 0.3 is 0 Å². The number of hydrogen-bond donors (Lipinski definition) is 0. The lowest BCUT2D eigenvalue weighted by atomic mass is 9.94. The first-order valence-electron chi connectivity index (χ1n) is 17.4. The number of benzene rings is 8. The van der Waals surface area contributed by atoms with Gasteiger partial charge in [0.1, 0.15) is 11.2 Å². The van der Waals surface area contributed by atoms with Crippen molar-refractivity contribution in [2.45, 2.75) is 0 Å². The summed E-state index contributed by atoms with van der Waals surface area (Å²) in [6.45, 7) is 0. The second kappa shape index (κ2) is 10.8. The first kappa shape index (κ1) is 28.0. The molecule has 0 bridgehead atoms. The fourth-order valence-electron chi connectivity index (χ4n) is 8.32. The third-order valence-corrected chi connectivity index (χ3v) is 10.5. The Balaban J connectivity index is 1.19. The monoisotopic (exact) mass is 650 g/mol. The zero-order valence-corrected chi connectivity index (χ0v) is 27.6. The minimum atomic E-state index is 0.875. The summed E-state index contributed by atoms with van der Waals surface area (Å²) in [5, 5.41) is 7.17. The first-order valence-corrected chi connectivity index (χ1v) is 17.4. The molecule has 51 heavy (non-hydrogen) atoms. The van der Waals surface area contributed by atoms with Crippen molar-refractivity contribution >= 4 is 65.6 Å². The van der Waals surface area contributed by atoms with Crippen LogP contribution in [0.5, 0.6) is 0 Å². The molecule has 0 unspecified atom stereocenters. The van der Waals surface area contributed by atoms with E-state index in [2.05, 4.69) is 191 Å². The lowest BCUT2D eigenvalue weighted by Crippen LogP contribution is -1.97. The molecule has 0 fully saturated rings. The van der Waals surface area contributed by atoms with Gasteiger partial charge in [-0.15, -0.1) is 0 Å². The molecule has 0 aliphatic rings. The smallest absolute Gasteiger partial charge is 0.137 e. The first-order chi connectivity index (χ1) is 25.3. The fraction of sp³-hybridized carbons (Fsp3) is 0. The normalized spacial score (nSPS) is 11.9. The largest absolute Gasteiger partial charge is 0.456 e. The highest BCUT2D eigenvalue weighted by Crippen LogP contribution is 2.42.